The summed E-state index contributed by atoms with van der Waals surface area (Å²) in [6.45, 7) is 1.95. The fourth-order valence-corrected chi connectivity index (χ4v) is 2.96. The fraction of sp³-hybridized carbons (Fsp3) is 0.0952. The summed E-state index contributed by atoms with van der Waals surface area (Å²) in [5, 5.41) is 18.8. The minimum absolute atomic E-state index is 0.0612. The first-order chi connectivity index (χ1) is 14.1. The van der Waals surface area contributed by atoms with Crippen molar-refractivity contribution >= 4 is 11.4 Å². The molecule has 8 nitrogen and oxygen atoms in total. The maximum atomic E-state index is 11.6. The fourth-order valence-electron chi connectivity index (χ4n) is 2.96. The molecule has 0 bridgehead atoms. The van der Waals surface area contributed by atoms with Gasteiger partial charge in [-0.15, -0.1) is 0 Å². The molecule has 0 saturated carbocycles. The van der Waals surface area contributed by atoms with E-state index in [1.54, 1.807) is 36.7 Å². The van der Waals surface area contributed by atoms with Crippen molar-refractivity contribution in [2.24, 2.45) is 0 Å². The van der Waals surface area contributed by atoms with Crippen molar-refractivity contribution < 1.29 is 9.45 Å². The van der Waals surface area contributed by atoms with Crippen molar-refractivity contribution in [2.45, 2.75) is 13.0 Å². The summed E-state index contributed by atoms with van der Waals surface area (Å²) in [7, 11) is 0. The lowest BCUT2D eigenvalue weighted by molar-refractivity contribution is -0.383. The van der Waals surface area contributed by atoms with E-state index < -0.39 is 4.92 Å². The third-order valence-corrected chi connectivity index (χ3v) is 4.48. The molecule has 144 valence electrons. The number of pyridine rings is 1. The van der Waals surface area contributed by atoms with E-state index in [9.17, 15) is 10.1 Å². The van der Waals surface area contributed by atoms with Crippen molar-refractivity contribution in [2.75, 3.05) is 5.32 Å². The van der Waals surface area contributed by atoms with Crippen LogP contribution in [0.15, 0.2) is 77.6 Å². The second-order valence-corrected chi connectivity index (χ2v) is 6.42. The number of nitro benzene ring substituents is 1. The minimum Gasteiger partial charge on any atom is -0.373 e. The van der Waals surface area contributed by atoms with Crippen molar-refractivity contribution in [3.05, 3.63) is 88.7 Å². The monoisotopic (exact) mass is 387 g/mol. The number of rotatable bonds is 6. The van der Waals surface area contributed by atoms with Crippen LogP contribution in [0.2, 0.25) is 0 Å². The Balaban J connectivity index is 1.63. The molecule has 0 unspecified atom stereocenters. The van der Waals surface area contributed by atoms with E-state index in [1.165, 1.54) is 6.07 Å². The Morgan fingerprint density at radius 2 is 1.79 bits per heavy atom. The van der Waals surface area contributed by atoms with E-state index in [4.69, 9.17) is 4.52 Å². The molecule has 4 aromatic rings. The van der Waals surface area contributed by atoms with E-state index in [2.05, 4.69) is 20.4 Å². The third-order valence-electron chi connectivity index (χ3n) is 4.48. The highest BCUT2D eigenvalue weighted by Gasteiger charge is 2.20. The topological polar surface area (TPSA) is 107 Å². The Morgan fingerprint density at radius 3 is 2.52 bits per heavy atom. The lowest BCUT2D eigenvalue weighted by Crippen LogP contribution is -2.08. The lowest BCUT2D eigenvalue weighted by Gasteiger charge is -2.16. The second-order valence-electron chi connectivity index (χ2n) is 6.42. The van der Waals surface area contributed by atoms with Crippen LogP contribution >= 0.6 is 0 Å². The molecule has 0 aliphatic heterocycles. The standard InChI is InChI=1S/C21H17N5O3/c1-14(15-5-3-2-4-6-15)23-18-8-7-17(13-19(18)26(27)28)21-24-20(25-29-21)16-9-11-22-12-10-16/h2-14,23H,1H3/t14-/m1/s1. The molecule has 4 rings (SSSR count). The van der Waals surface area contributed by atoms with Gasteiger partial charge in [0.05, 0.1) is 4.92 Å². The first-order valence-corrected chi connectivity index (χ1v) is 8.96. The molecule has 0 fully saturated rings. The predicted molar refractivity (Wildman–Crippen MR) is 108 cm³/mol. The highest BCUT2D eigenvalue weighted by Crippen LogP contribution is 2.33. The van der Waals surface area contributed by atoms with E-state index in [0.717, 1.165) is 11.1 Å². The van der Waals surface area contributed by atoms with Crippen LogP contribution in [0.3, 0.4) is 0 Å². The number of nitrogens with zero attached hydrogens (tertiary/aromatic N) is 4. The van der Waals surface area contributed by atoms with Gasteiger partial charge in [0.15, 0.2) is 0 Å². The van der Waals surface area contributed by atoms with Crippen molar-refractivity contribution in [3.63, 3.8) is 0 Å². The van der Waals surface area contributed by atoms with Crippen LogP contribution < -0.4 is 5.32 Å². The Morgan fingerprint density at radius 1 is 1.03 bits per heavy atom. The van der Waals surface area contributed by atoms with Crippen molar-refractivity contribution in [3.8, 4) is 22.8 Å². The van der Waals surface area contributed by atoms with E-state index in [1.807, 2.05) is 37.3 Å². The molecule has 0 spiro atoms. The number of anilines is 1. The van der Waals surface area contributed by atoms with Gasteiger partial charge in [-0.05, 0) is 36.8 Å². The molecule has 2 aromatic carbocycles. The molecule has 0 aliphatic rings. The van der Waals surface area contributed by atoms with Gasteiger partial charge in [0.2, 0.25) is 5.82 Å². The number of hydrogen-bond donors (Lipinski definition) is 1. The van der Waals surface area contributed by atoms with Crippen LogP contribution in [0.25, 0.3) is 22.8 Å². The largest absolute Gasteiger partial charge is 0.373 e. The molecular formula is C21H17N5O3. The summed E-state index contributed by atoms with van der Waals surface area (Å²) in [5.74, 6) is 0.604. The van der Waals surface area contributed by atoms with Gasteiger partial charge in [0.1, 0.15) is 5.69 Å². The van der Waals surface area contributed by atoms with Gasteiger partial charge in [-0.2, -0.15) is 4.98 Å². The van der Waals surface area contributed by atoms with Gasteiger partial charge in [0, 0.05) is 35.6 Å². The molecular weight excluding hydrogens is 370 g/mol. The van der Waals surface area contributed by atoms with Gasteiger partial charge in [-0.1, -0.05) is 35.5 Å². The second kappa shape index (κ2) is 7.89. The van der Waals surface area contributed by atoms with E-state index >= 15 is 0 Å². The maximum absolute atomic E-state index is 11.6. The maximum Gasteiger partial charge on any atom is 0.293 e. The SMILES string of the molecule is C[C@@H](Nc1ccc(-c2nc(-c3ccncc3)no2)cc1[N+](=O)[O-])c1ccccc1. The van der Waals surface area contributed by atoms with Gasteiger partial charge in [-0.25, -0.2) is 0 Å². The van der Waals surface area contributed by atoms with Crippen molar-refractivity contribution in [1.29, 1.82) is 0 Å². The number of hydrogen-bond acceptors (Lipinski definition) is 7. The summed E-state index contributed by atoms with van der Waals surface area (Å²) >= 11 is 0. The Kier molecular flexibility index (Phi) is 4.98. The highest BCUT2D eigenvalue weighted by atomic mass is 16.6. The number of nitro groups is 1. The smallest absolute Gasteiger partial charge is 0.293 e. The number of aromatic nitrogens is 3. The van der Waals surface area contributed by atoms with Gasteiger partial charge < -0.3 is 9.84 Å². The average molecular weight is 387 g/mol. The Bertz CT molecular complexity index is 1130. The van der Waals surface area contributed by atoms with Gasteiger partial charge >= 0.3 is 0 Å². The summed E-state index contributed by atoms with van der Waals surface area (Å²) in [5.41, 5.74) is 2.62. The van der Waals surface area contributed by atoms with Crippen LogP contribution in [0.1, 0.15) is 18.5 Å². The summed E-state index contributed by atoms with van der Waals surface area (Å²) in [6.07, 6.45) is 3.26. The molecule has 0 saturated heterocycles. The molecule has 2 heterocycles. The van der Waals surface area contributed by atoms with E-state index in [0.29, 0.717) is 17.1 Å². The normalized spacial score (nSPS) is 11.8. The molecule has 0 radical (unpaired) electrons. The van der Waals surface area contributed by atoms with Crippen LogP contribution in [-0.4, -0.2) is 20.0 Å². The summed E-state index contributed by atoms with van der Waals surface area (Å²) in [6, 6.07) is 18.0. The van der Waals surface area contributed by atoms with E-state index in [-0.39, 0.29) is 17.6 Å². The zero-order chi connectivity index (χ0) is 20.2. The molecule has 8 heteroatoms. The molecule has 1 atom stereocenters. The molecule has 29 heavy (non-hydrogen) atoms. The van der Waals surface area contributed by atoms with Gasteiger partial charge in [0.25, 0.3) is 11.6 Å². The summed E-state index contributed by atoms with van der Waals surface area (Å²) in [4.78, 5) is 19.5. The number of benzene rings is 2. The van der Waals surface area contributed by atoms with Crippen molar-refractivity contribution in [1.82, 2.24) is 15.1 Å². The van der Waals surface area contributed by atoms with Gasteiger partial charge in [-0.3, -0.25) is 15.1 Å². The predicted octanol–water partition coefficient (Wildman–Crippen LogP) is 4.88. The Labute approximate surface area is 166 Å². The first-order valence-electron chi connectivity index (χ1n) is 8.96. The number of nitrogens with one attached hydrogen (secondary N) is 1. The first kappa shape index (κ1) is 18.3. The molecule has 1 N–H and O–H groups in total. The van der Waals surface area contributed by atoms with Crippen LogP contribution in [0.4, 0.5) is 11.4 Å². The minimum atomic E-state index is -0.427. The molecule has 2 aromatic heterocycles. The van der Waals surface area contributed by atoms with Crippen LogP contribution in [0.5, 0.6) is 0 Å². The highest BCUT2D eigenvalue weighted by molar-refractivity contribution is 5.71. The molecule has 0 amide bonds. The summed E-state index contributed by atoms with van der Waals surface area (Å²) < 4.78 is 5.31. The molecule has 0 aliphatic carbocycles. The quantitative estimate of drug-likeness (QED) is 0.371. The Hall–Kier alpha value is -4.07. The average Bonchev–Trinajstić information content (AvgIpc) is 3.25. The van der Waals surface area contributed by atoms with Crippen LogP contribution in [-0.2, 0) is 0 Å². The third kappa shape index (κ3) is 3.96. The lowest BCUT2D eigenvalue weighted by atomic mass is 10.1. The zero-order valence-corrected chi connectivity index (χ0v) is 15.5. The van der Waals surface area contributed by atoms with Crippen LogP contribution in [0, 0.1) is 10.1 Å². The zero-order valence-electron chi connectivity index (χ0n) is 15.5.